The number of hydrogen-bond donors (Lipinski definition) is 2. The highest BCUT2D eigenvalue weighted by molar-refractivity contribution is 7.89. The van der Waals surface area contributed by atoms with Gasteiger partial charge in [0.15, 0.2) is 0 Å². The molecule has 0 spiro atoms. The second-order valence-corrected chi connectivity index (χ2v) is 8.52. The summed E-state index contributed by atoms with van der Waals surface area (Å²) in [6.45, 7) is 2.08. The van der Waals surface area contributed by atoms with Gasteiger partial charge in [-0.3, -0.25) is 4.79 Å². The molecule has 0 unspecified atom stereocenters. The highest BCUT2D eigenvalue weighted by Crippen LogP contribution is 2.28. The largest absolute Gasteiger partial charge is 0.350 e. The molecule has 2 rings (SSSR count). The summed E-state index contributed by atoms with van der Waals surface area (Å²) < 4.78 is 40.5. The van der Waals surface area contributed by atoms with Gasteiger partial charge < -0.3 is 10.2 Å². The van der Waals surface area contributed by atoms with Gasteiger partial charge in [0.1, 0.15) is 5.82 Å². The number of sulfonamides is 1. The van der Waals surface area contributed by atoms with Crippen LogP contribution in [0.15, 0.2) is 47.4 Å². The van der Waals surface area contributed by atoms with Gasteiger partial charge in [-0.25, -0.2) is 17.5 Å². The molecule has 0 bridgehead atoms. The molecule has 0 fully saturated rings. The Bertz CT molecular complexity index is 914. The van der Waals surface area contributed by atoms with E-state index in [2.05, 4.69) is 10.0 Å². The van der Waals surface area contributed by atoms with Crippen LogP contribution in [0.4, 0.5) is 4.39 Å². The summed E-state index contributed by atoms with van der Waals surface area (Å²) in [4.78, 5) is 14.3. The van der Waals surface area contributed by atoms with Crippen LogP contribution in [0.5, 0.6) is 0 Å². The number of halogens is 2. The van der Waals surface area contributed by atoms with Crippen LogP contribution in [-0.2, 0) is 10.0 Å². The van der Waals surface area contributed by atoms with Crippen molar-refractivity contribution in [1.29, 1.82) is 0 Å². The molecule has 0 radical (unpaired) electrons. The van der Waals surface area contributed by atoms with Crippen LogP contribution in [-0.4, -0.2) is 46.4 Å². The molecular weight excluding hydrogens is 405 g/mol. The minimum absolute atomic E-state index is 0.0789. The van der Waals surface area contributed by atoms with Crippen molar-refractivity contribution in [2.45, 2.75) is 17.9 Å². The SMILES string of the molecule is CCNS(=O)(=O)c1ccc(C(=O)NC[C@@H](c2c(F)cccc2Cl)N(C)C)cc1. The number of benzene rings is 2. The van der Waals surface area contributed by atoms with Crippen LogP contribution in [0.2, 0.25) is 5.02 Å². The third-order valence-electron chi connectivity index (χ3n) is 4.17. The smallest absolute Gasteiger partial charge is 0.251 e. The molecular formula is C19H23ClFN3O3S. The average molecular weight is 428 g/mol. The monoisotopic (exact) mass is 427 g/mol. The molecule has 2 aromatic carbocycles. The van der Waals surface area contributed by atoms with Gasteiger partial charge in [-0.2, -0.15) is 0 Å². The van der Waals surface area contributed by atoms with E-state index in [9.17, 15) is 17.6 Å². The lowest BCUT2D eigenvalue weighted by atomic mass is 10.0. The molecule has 9 heteroatoms. The number of rotatable bonds is 8. The number of amides is 1. The van der Waals surface area contributed by atoms with Crippen molar-refractivity contribution in [1.82, 2.24) is 14.9 Å². The standard InChI is InChI=1S/C19H23ClFN3O3S/c1-4-23-28(26,27)14-10-8-13(9-11-14)19(25)22-12-17(24(2)3)18-15(20)6-5-7-16(18)21/h5-11,17,23H,4,12H2,1-3H3,(H,22,25)/t17-/m0/s1. The predicted molar refractivity (Wildman–Crippen MR) is 107 cm³/mol. The Balaban J connectivity index is 2.13. The molecule has 0 aliphatic heterocycles. The Kier molecular flexibility index (Phi) is 7.54. The Hall–Kier alpha value is -2.00. The molecule has 152 valence electrons. The van der Waals surface area contributed by atoms with E-state index < -0.39 is 27.8 Å². The minimum Gasteiger partial charge on any atom is -0.350 e. The first-order valence-corrected chi connectivity index (χ1v) is 10.5. The first-order valence-electron chi connectivity index (χ1n) is 8.65. The van der Waals surface area contributed by atoms with E-state index in [1.165, 1.54) is 36.4 Å². The molecule has 28 heavy (non-hydrogen) atoms. The molecule has 1 atom stereocenters. The van der Waals surface area contributed by atoms with Gasteiger partial charge >= 0.3 is 0 Å². The van der Waals surface area contributed by atoms with E-state index in [1.807, 2.05) is 0 Å². The average Bonchev–Trinajstić information content (AvgIpc) is 2.63. The second-order valence-electron chi connectivity index (χ2n) is 6.35. The van der Waals surface area contributed by atoms with Crippen LogP contribution < -0.4 is 10.0 Å². The molecule has 2 N–H and O–H groups in total. The highest BCUT2D eigenvalue weighted by Gasteiger charge is 2.22. The van der Waals surface area contributed by atoms with Gasteiger partial charge in [0.25, 0.3) is 5.91 Å². The molecule has 0 saturated heterocycles. The van der Waals surface area contributed by atoms with Gasteiger partial charge in [-0.1, -0.05) is 24.6 Å². The first-order chi connectivity index (χ1) is 13.2. The number of likely N-dealkylation sites (N-methyl/N-ethyl adjacent to an activating group) is 1. The second kappa shape index (κ2) is 9.47. The molecule has 0 saturated carbocycles. The topological polar surface area (TPSA) is 78.5 Å². The van der Waals surface area contributed by atoms with Crippen LogP contribution >= 0.6 is 11.6 Å². The molecule has 0 aliphatic carbocycles. The van der Waals surface area contributed by atoms with E-state index in [0.717, 1.165) is 0 Å². The van der Waals surface area contributed by atoms with Gasteiger partial charge in [-0.15, -0.1) is 0 Å². The Morgan fingerprint density at radius 2 is 1.82 bits per heavy atom. The Morgan fingerprint density at radius 1 is 1.18 bits per heavy atom. The zero-order chi connectivity index (χ0) is 20.9. The maximum Gasteiger partial charge on any atom is 0.251 e. The lowest BCUT2D eigenvalue weighted by molar-refractivity contribution is 0.0941. The number of carbonyl (C=O) groups is 1. The third-order valence-corrected chi connectivity index (χ3v) is 6.06. The summed E-state index contributed by atoms with van der Waals surface area (Å²) >= 11 is 6.14. The summed E-state index contributed by atoms with van der Waals surface area (Å²) in [5, 5.41) is 3.03. The normalized spacial score (nSPS) is 12.8. The Morgan fingerprint density at radius 3 is 2.36 bits per heavy atom. The van der Waals surface area contributed by atoms with Crippen LogP contribution in [0.3, 0.4) is 0 Å². The number of carbonyl (C=O) groups excluding carboxylic acids is 1. The maximum atomic E-state index is 14.2. The van der Waals surface area contributed by atoms with Crippen molar-refractivity contribution >= 4 is 27.5 Å². The summed E-state index contributed by atoms with van der Waals surface area (Å²) in [7, 11) is -0.0523. The minimum atomic E-state index is -3.58. The van der Waals surface area contributed by atoms with E-state index in [1.54, 1.807) is 32.0 Å². The summed E-state index contributed by atoms with van der Waals surface area (Å²) in [6, 6.07) is 9.57. The summed E-state index contributed by atoms with van der Waals surface area (Å²) in [5.41, 5.74) is 0.606. The zero-order valence-electron chi connectivity index (χ0n) is 15.9. The quantitative estimate of drug-likeness (QED) is 0.679. The van der Waals surface area contributed by atoms with Crippen molar-refractivity contribution in [3.05, 3.63) is 64.4 Å². The van der Waals surface area contributed by atoms with Crippen molar-refractivity contribution in [3.63, 3.8) is 0 Å². The molecule has 0 aliphatic rings. The number of nitrogens with one attached hydrogen (secondary N) is 2. The summed E-state index contributed by atoms with van der Waals surface area (Å²) in [5.74, 6) is -0.842. The van der Waals surface area contributed by atoms with Gasteiger partial charge in [0, 0.05) is 29.2 Å². The van der Waals surface area contributed by atoms with Gasteiger partial charge in [0.2, 0.25) is 10.0 Å². The zero-order valence-corrected chi connectivity index (χ0v) is 17.4. The van der Waals surface area contributed by atoms with Crippen LogP contribution in [0.25, 0.3) is 0 Å². The van der Waals surface area contributed by atoms with E-state index in [4.69, 9.17) is 11.6 Å². The lowest BCUT2D eigenvalue weighted by Crippen LogP contribution is -2.35. The molecule has 0 aromatic heterocycles. The summed E-state index contributed by atoms with van der Waals surface area (Å²) in [6.07, 6.45) is 0. The third kappa shape index (κ3) is 5.29. The predicted octanol–water partition coefficient (Wildman–Crippen LogP) is 2.81. The fourth-order valence-corrected chi connectivity index (χ4v) is 4.05. The number of nitrogens with zero attached hydrogens (tertiary/aromatic N) is 1. The van der Waals surface area contributed by atoms with Crippen LogP contribution in [0, 0.1) is 5.82 Å². The van der Waals surface area contributed by atoms with Crippen molar-refractivity contribution < 1.29 is 17.6 Å². The van der Waals surface area contributed by atoms with E-state index in [0.29, 0.717) is 11.1 Å². The maximum absolute atomic E-state index is 14.2. The van der Waals surface area contributed by atoms with E-state index >= 15 is 0 Å². The fourth-order valence-electron chi connectivity index (χ4n) is 2.72. The highest BCUT2D eigenvalue weighted by atomic mass is 35.5. The van der Waals surface area contributed by atoms with Gasteiger partial charge in [-0.05, 0) is 50.5 Å². The molecule has 0 heterocycles. The van der Waals surface area contributed by atoms with Crippen molar-refractivity contribution in [3.8, 4) is 0 Å². The molecule has 1 amide bonds. The van der Waals surface area contributed by atoms with Crippen LogP contribution in [0.1, 0.15) is 28.9 Å². The first kappa shape index (κ1) is 22.3. The van der Waals surface area contributed by atoms with Crippen molar-refractivity contribution in [2.75, 3.05) is 27.2 Å². The number of hydrogen-bond acceptors (Lipinski definition) is 4. The van der Waals surface area contributed by atoms with Gasteiger partial charge in [0.05, 0.1) is 10.9 Å². The van der Waals surface area contributed by atoms with E-state index in [-0.39, 0.29) is 23.0 Å². The fraction of sp³-hybridized carbons (Fsp3) is 0.316. The molecule has 6 nitrogen and oxygen atoms in total. The van der Waals surface area contributed by atoms with Crippen molar-refractivity contribution in [2.24, 2.45) is 0 Å². The lowest BCUT2D eigenvalue weighted by Gasteiger charge is -2.26. The Labute approximate surface area is 169 Å². The molecule has 2 aromatic rings.